The van der Waals surface area contributed by atoms with Crippen LogP contribution < -0.4 is 4.72 Å². The Morgan fingerprint density at radius 1 is 1.20 bits per heavy atom. The van der Waals surface area contributed by atoms with Gasteiger partial charge in [-0.2, -0.15) is 0 Å². The SMILES string of the molecule is COCCOC(=O)c1c(C)oc2ccc(NS(=O)(=O)c3cccc([N+](=O)[O-])c3)cc12. The lowest BCUT2D eigenvalue weighted by molar-refractivity contribution is -0.385. The normalized spacial score (nSPS) is 11.4. The molecule has 3 rings (SSSR count). The molecule has 0 radical (unpaired) electrons. The quantitative estimate of drug-likeness (QED) is 0.247. The van der Waals surface area contributed by atoms with Crippen LogP contribution in [-0.2, 0) is 19.5 Å². The van der Waals surface area contributed by atoms with Crippen molar-refractivity contribution >= 4 is 38.3 Å². The molecular formula is C19H18N2O8S. The van der Waals surface area contributed by atoms with Gasteiger partial charge in [0, 0.05) is 30.3 Å². The molecule has 0 aliphatic rings. The van der Waals surface area contributed by atoms with Crippen molar-refractivity contribution in [2.75, 3.05) is 25.0 Å². The minimum absolute atomic E-state index is 0.0561. The number of rotatable bonds is 8. The maximum Gasteiger partial charge on any atom is 0.342 e. The topological polar surface area (TPSA) is 138 Å². The Hall–Kier alpha value is -3.44. The number of carbonyl (C=O) groups is 1. The van der Waals surface area contributed by atoms with Gasteiger partial charge >= 0.3 is 5.97 Å². The standard InChI is InChI=1S/C19H18N2O8S/c1-12-18(19(22)28-9-8-27-2)16-10-13(6-7-17(16)29-12)20-30(25,26)15-5-3-4-14(11-15)21(23)24/h3-7,10-11,20H,8-9H2,1-2H3. The van der Waals surface area contributed by atoms with Gasteiger partial charge in [0.2, 0.25) is 0 Å². The largest absolute Gasteiger partial charge is 0.460 e. The zero-order valence-electron chi connectivity index (χ0n) is 16.1. The Morgan fingerprint density at radius 2 is 1.97 bits per heavy atom. The average molecular weight is 434 g/mol. The Kier molecular flexibility index (Phi) is 6.04. The molecule has 10 nitrogen and oxygen atoms in total. The molecule has 0 amide bonds. The summed E-state index contributed by atoms with van der Waals surface area (Å²) in [5, 5.41) is 11.3. The highest BCUT2D eigenvalue weighted by Gasteiger charge is 2.22. The summed E-state index contributed by atoms with van der Waals surface area (Å²) in [6.07, 6.45) is 0. The van der Waals surface area contributed by atoms with Gasteiger partial charge in [-0.3, -0.25) is 14.8 Å². The predicted molar refractivity (Wildman–Crippen MR) is 107 cm³/mol. The predicted octanol–water partition coefficient (Wildman–Crippen LogP) is 3.25. The van der Waals surface area contributed by atoms with Crippen LogP contribution >= 0.6 is 0 Å². The van der Waals surface area contributed by atoms with Crippen molar-refractivity contribution in [3.8, 4) is 0 Å². The zero-order chi connectivity index (χ0) is 21.9. The number of sulfonamides is 1. The first-order valence-electron chi connectivity index (χ1n) is 8.69. The first kappa shape index (κ1) is 21.3. The van der Waals surface area contributed by atoms with Crippen LogP contribution in [0.2, 0.25) is 0 Å². The molecule has 3 aromatic rings. The van der Waals surface area contributed by atoms with Crippen LogP contribution in [0, 0.1) is 17.0 Å². The first-order valence-corrected chi connectivity index (χ1v) is 10.2. The minimum atomic E-state index is -4.10. The number of non-ortho nitro benzene ring substituents is 1. The number of nitro benzene ring substituents is 1. The number of benzene rings is 2. The smallest absolute Gasteiger partial charge is 0.342 e. The van der Waals surface area contributed by atoms with Gasteiger partial charge in [-0.25, -0.2) is 13.2 Å². The summed E-state index contributed by atoms with van der Waals surface area (Å²) < 4.78 is 43.2. The molecule has 0 aliphatic heterocycles. The minimum Gasteiger partial charge on any atom is -0.460 e. The number of carbonyl (C=O) groups excluding carboxylic acids is 1. The number of ether oxygens (including phenoxy) is 2. The van der Waals surface area contributed by atoms with Crippen molar-refractivity contribution in [3.63, 3.8) is 0 Å². The summed E-state index contributed by atoms with van der Waals surface area (Å²) in [6, 6.07) is 9.09. The number of hydrogen-bond donors (Lipinski definition) is 1. The van der Waals surface area contributed by atoms with E-state index < -0.39 is 20.9 Å². The van der Waals surface area contributed by atoms with Crippen molar-refractivity contribution in [2.24, 2.45) is 0 Å². The zero-order valence-corrected chi connectivity index (χ0v) is 16.9. The molecule has 0 bridgehead atoms. The number of hydrogen-bond acceptors (Lipinski definition) is 8. The van der Waals surface area contributed by atoms with Crippen LogP contribution in [0.25, 0.3) is 11.0 Å². The molecule has 0 saturated carbocycles. The molecule has 0 atom stereocenters. The number of esters is 1. The molecule has 0 aliphatic carbocycles. The van der Waals surface area contributed by atoms with Gasteiger partial charge in [0.25, 0.3) is 15.7 Å². The molecule has 1 heterocycles. The number of methoxy groups -OCH3 is 1. The van der Waals surface area contributed by atoms with E-state index in [9.17, 15) is 23.3 Å². The van der Waals surface area contributed by atoms with E-state index in [2.05, 4.69) is 4.72 Å². The van der Waals surface area contributed by atoms with E-state index in [-0.39, 0.29) is 35.0 Å². The van der Waals surface area contributed by atoms with Crippen LogP contribution in [0.5, 0.6) is 0 Å². The van der Waals surface area contributed by atoms with E-state index in [0.717, 1.165) is 6.07 Å². The van der Waals surface area contributed by atoms with Crippen molar-refractivity contribution in [1.82, 2.24) is 0 Å². The Morgan fingerprint density at radius 3 is 2.67 bits per heavy atom. The number of fused-ring (bicyclic) bond motifs is 1. The van der Waals surface area contributed by atoms with Crippen LogP contribution in [0.15, 0.2) is 51.8 Å². The van der Waals surface area contributed by atoms with E-state index in [1.54, 1.807) is 6.92 Å². The highest BCUT2D eigenvalue weighted by Crippen LogP contribution is 2.30. The molecule has 2 aromatic carbocycles. The summed E-state index contributed by atoms with van der Waals surface area (Å²) in [6.45, 7) is 1.88. The van der Waals surface area contributed by atoms with Gasteiger partial charge < -0.3 is 13.9 Å². The van der Waals surface area contributed by atoms with E-state index >= 15 is 0 Å². The Bertz CT molecular complexity index is 1220. The fourth-order valence-corrected chi connectivity index (χ4v) is 3.89. The monoisotopic (exact) mass is 434 g/mol. The second kappa shape index (κ2) is 8.51. The maximum absolute atomic E-state index is 12.6. The summed E-state index contributed by atoms with van der Waals surface area (Å²) in [5.41, 5.74) is 0.364. The average Bonchev–Trinajstić information content (AvgIpc) is 3.03. The summed E-state index contributed by atoms with van der Waals surface area (Å²) >= 11 is 0. The molecule has 0 unspecified atom stereocenters. The molecule has 11 heteroatoms. The number of nitro groups is 1. The fraction of sp³-hybridized carbons (Fsp3) is 0.211. The summed E-state index contributed by atoms with van der Waals surface area (Å²) in [4.78, 5) is 22.4. The number of nitrogens with one attached hydrogen (secondary N) is 1. The van der Waals surface area contributed by atoms with Gasteiger partial charge in [0.1, 0.15) is 23.5 Å². The van der Waals surface area contributed by atoms with E-state index in [1.165, 1.54) is 43.5 Å². The molecule has 1 N–H and O–H groups in total. The fourth-order valence-electron chi connectivity index (χ4n) is 2.81. The third-order valence-electron chi connectivity index (χ3n) is 4.18. The lowest BCUT2D eigenvalue weighted by atomic mass is 10.1. The lowest BCUT2D eigenvalue weighted by Crippen LogP contribution is -2.13. The molecule has 30 heavy (non-hydrogen) atoms. The maximum atomic E-state index is 12.6. The summed E-state index contributed by atoms with van der Waals surface area (Å²) in [5.74, 6) is -0.298. The Balaban J connectivity index is 1.93. The van der Waals surface area contributed by atoms with Gasteiger partial charge in [0.15, 0.2) is 0 Å². The second-order valence-corrected chi connectivity index (χ2v) is 7.92. The Labute approximate surface area is 171 Å². The first-order chi connectivity index (χ1) is 14.2. The highest BCUT2D eigenvalue weighted by molar-refractivity contribution is 7.92. The van der Waals surface area contributed by atoms with Gasteiger partial charge in [0.05, 0.1) is 16.4 Å². The molecular weight excluding hydrogens is 416 g/mol. The van der Waals surface area contributed by atoms with E-state index in [1.807, 2.05) is 0 Å². The van der Waals surface area contributed by atoms with Crippen LogP contribution in [-0.4, -0.2) is 39.6 Å². The van der Waals surface area contributed by atoms with Crippen molar-refractivity contribution in [3.05, 3.63) is 63.9 Å². The van der Waals surface area contributed by atoms with E-state index in [4.69, 9.17) is 13.9 Å². The summed E-state index contributed by atoms with van der Waals surface area (Å²) in [7, 11) is -2.62. The number of anilines is 1. The molecule has 1 aromatic heterocycles. The third kappa shape index (κ3) is 4.42. The number of nitrogens with zero attached hydrogens (tertiary/aromatic N) is 1. The molecule has 0 fully saturated rings. The van der Waals surface area contributed by atoms with Gasteiger partial charge in [-0.1, -0.05) is 6.07 Å². The van der Waals surface area contributed by atoms with Crippen molar-refractivity contribution < 1.29 is 32.0 Å². The third-order valence-corrected chi connectivity index (χ3v) is 5.56. The van der Waals surface area contributed by atoms with Crippen molar-refractivity contribution in [2.45, 2.75) is 11.8 Å². The van der Waals surface area contributed by atoms with E-state index in [0.29, 0.717) is 16.7 Å². The lowest BCUT2D eigenvalue weighted by Gasteiger charge is -2.08. The van der Waals surface area contributed by atoms with Gasteiger partial charge in [-0.15, -0.1) is 0 Å². The highest BCUT2D eigenvalue weighted by atomic mass is 32.2. The number of aryl methyl sites for hydroxylation is 1. The number of furan rings is 1. The van der Waals surface area contributed by atoms with Crippen LogP contribution in [0.3, 0.4) is 0 Å². The molecule has 0 spiro atoms. The van der Waals surface area contributed by atoms with Gasteiger partial charge in [-0.05, 0) is 31.2 Å². The van der Waals surface area contributed by atoms with Crippen LogP contribution in [0.1, 0.15) is 16.1 Å². The van der Waals surface area contributed by atoms with Crippen LogP contribution in [0.4, 0.5) is 11.4 Å². The molecule has 0 saturated heterocycles. The van der Waals surface area contributed by atoms with Crippen molar-refractivity contribution in [1.29, 1.82) is 0 Å². The molecule has 158 valence electrons. The second-order valence-electron chi connectivity index (χ2n) is 6.23.